The molecular weight excluding hydrogens is 1470 g/mol. The number of benzene rings is 19. The van der Waals surface area contributed by atoms with Crippen LogP contribution in [-0.4, -0.2) is 29.9 Å². The van der Waals surface area contributed by atoms with Crippen molar-refractivity contribution >= 4 is 117 Å². The molecule has 0 amide bonds. The minimum absolute atomic E-state index is 0.621. The molecule has 0 spiro atoms. The average molecular weight is 1540 g/mol. The highest BCUT2D eigenvalue weighted by Gasteiger charge is 2.25. The molecule has 118 heavy (non-hydrogen) atoms. The molecule has 0 aliphatic rings. The molecule has 0 unspecified atom stereocenters. The third-order valence-electron chi connectivity index (χ3n) is 23.4. The van der Waals surface area contributed by atoms with E-state index < -0.39 is 0 Å². The van der Waals surface area contributed by atoms with Crippen molar-refractivity contribution in [3.8, 4) is 146 Å². The van der Waals surface area contributed by atoms with Gasteiger partial charge in [-0.15, -0.1) is 22.7 Å². The summed E-state index contributed by atoms with van der Waals surface area (Å²) >= 11 is 3.57. The Bertz CT molecular complexity index is 8000. The normalized spacial score (nSPS) is 11.7. The highest BCUT2D eigenvalue weighted by Crippen LogP contribution is 2.50. The molecule has 0 atom stereocenters. The molecule has 548 valence electrons. The van der Waals surface area contributed by atoms with Crippen LogP contribution in [0, 0.1) is 0 Å². The van der Waals surface area contributed by atoms with E-state index in [1.54, 1.807) is 22.7 Å². The smallest absolute Gasteiger partial charge is 0.165 e. The SMILES string of the molecule is c1ccc(-c2cc(-c3cccc(-c4ccc(-c5nc(-c6ccccc6)nc(-c6cccc7c6sc6ccccc67)n5)c5ccccc45)c3)cc(-c3cc(-c4ccc5cc(-c6ccc(-c7nc(-c8ccccc8)nc(-c8cccc9c8sc8ccccc89)n7)c7ccccc67)c6ccccc6c5c4)c4ccccc4c3-c3ccccc3)c2)cc1. The zero-order chi connectivity index (χ0) is 77.7. The van der Waals surface area contributed by atoms with E-state index in [1.165, 1.54) is 63.4 Å². The topological polar surface area (TPSA) is 77.3 Å². The zero-order valence-corrected chi connectivity index (χ0v) is 65.2. The van der Waals surface area contributed by atoms with E-state index in [-0.39, 0.29) is 0 Å². The van der Waals surface area contributed by atoms with Crippen LogP contribution in [-0.2, 0) is 0 Å². The maximum Gasteiger partial charge on any atom is 0.165 e. The van der Waals surface area contributed by atoms with Crippen LogP contribution in [0.3, 0.4) is 0 Å². The monoisotopic (exact) mass is 1530 g/mol. The van der Waals surface area contributed by atoms with E-state index in [0.717, 1.165) is 142 Å². The number of hydrogen-bond acceptors (Lipinski definition) is 8. The van der Waals surface area contributed by atoms with Crippen molar-refractivity contribution in [3.05, 3.63) is 400 Å². The van der Waals surface area contributed by atoms with Gasteiger partial charge >= 0.3 is 0 Å². The maximum absolute atomic E-state index is 5.42. The first kappa shape index (κ1) is 68.5. The van der Waals surface area contributed by atoms with Crippen molar-refractivity contribution in [3.63, 3.8) is 0 Å². The second kappa shape index (κ2) is 28.5. The van der Waals surface area contributed by atoms with Gasteiger partial charge in [0.25, 0.3) is 0 Å². The maximum atomic E-state index is 5.42. The number of thiophene rings is 2. The molecule has 8 heteroatoms. The number of aromatic nitrogens is 6. The molecule has 0 aliphatic carbocycles. The van der Waals surface area contributed by atoms with Crippen LogP contribution in [0.1, 0.15) is 0 Å². The molecule has 0 fully saturated rings. The molecule has 23 aromatic rings. The summed E-state index contributed by atoms with van der Waals surface area (Å²) in [5.41, 5.74) is 21.6. The van der Waals surface area contributed by atoms with Gasteiger partial charge in [0.1, 0.15) is 0 Å². The Labute approximate surface area is 688 Å². The lowest BCUT2D eigenvalue weighted by Gasteiger charge is -2.20. The first-order valence-corrected chi connectivity index (χ1v) is 41.5. The highest BCUT2D eigenvalue weighted by atomic mass is 32.1. The number of fused-ring (bicyclic) bond motifs is 12. The summed E-state index contributed by atoms with van der Waals surface area (Å²) in [5, 5.41) is 16.2. The highest BCUT2D eigenvalue weighted by molar-refractivity contribution is 7.26. The summed E-state index contributed by atoms with van der Waals surface area (Å²) < 4.78 is 4.78. The van der Waals surface area contributed by atoms with Gasteiger partial charge in [-0.2, -0.15) is 0 Å². The number of nitrogens with zero attached hydrogens (tertiary/aromatic N) is 6. The molecule has 0 saturated carbocycles. The zero-order valence-electron chi connectivity index (χ0n) is 63.6. The number of hydrogen-bond donors (Lipinski definition) is 0. The lowest BCUT2D eigenvalue weighted by Crippen LogP contribution is -2.01. The Kier molecular flexibility index (Phi) is 16.5. The summed E-state index contributed by atoms with van der Waals surface area (Å²) in [5.74, 6) is 3.79. The molecule has 19 aromatic carbocycles. The molecule has 4 heterocycles. The summed E-state index contributed by atoms with van der Waals surface area (Å²) in [6.45, 7) is 0. The fourth-order valence-corrected chi connectivity index (χ4v) is 20.3. The third-order valence-corrected chi connectivity index (χ3v) is 25.8. The summed E-state index contributed by atoms with van der Waals surface area (Å²) in [6.07, 6.45) is 0. The average Bonchev–Trinajstić information content (AvgIpc) is 0.941. The fourth-order valence-electron chi connectivity index (χ4n) is 17.9. The van der Waals surface area contributed by atoms with Gasteiger partial charge in [-0.1, -0.05) is 322 Å². The van der Waals surface area contributed by atoms with Crippen LogP contribution in [0.15, 0.2) is 400 Å². The van der Waals surface area contributed by atoms with Gasteiger partial charge in [0.2, 0.25) is 0 Å². The second-order valence-electron chi connectivity index (χ2n) is 30.2. The van der Waals surface area contributed by atoms with Crippen molar-refractivity contribution in [2.75, 3.05) is 0 Å². The molecule has 23 rings (SSSR count). The van der Waals surface area contributed by atoms with Crippen LogP contribution in [0.25, 0.3) is 240 Å². The first-order chi connectivity index (χ1) is 58.5. The second-order valence-corrected chi connectivity index (χ2v) is 32.3. The van der Waals surface area contributed by atoms with E-state index in [1.807, 2.05) is 36.4 Å². The van der Waals surface area contributed by atoms with Crippen LogP contribution in [0.5, 0.6) is 0 Å². The Hall–Kier alpha value is -15.1. The van der Waals surface area contributed by atoms with E-state index in [9.17, 15) is 0 Å². The predicted molar refractivity (Wildman–Crippen MR) is 497 cm³/mol. The molecule has 6 nitrogen and oxygen atoms in total. The van der Waals surface area contributed by atoms with Gasteiger partial charge in [-0.05, 0) is 211 Å². The molecule has 0 bridgehead atoms. The Morgan fingerprint density at radius 2 is 0.500 bits per heavy atom. The molecule has 0 N–H and O–H groups in total. The minimum atomic E-state index is 0.621. The van der Waals surface area contributed by atoms with E-state index in [0.29, 0.717) is 34.9 Å². The van der Waals surface area contributed by atoms with Gasteiger partial charge in [0, 0.05) is 73.7 Å². The van der Waals surface area contributed by atoms with Crippen molar-refractivity contribution in [2.45, 2.75) is 0 Å². The van der Waals surface area contributed by atoms with E-state index >= 15 is 0 Å². The van der Waals surface area contributed by atoms with Crippen molar-refractivity contribution in [2.24, 2.45) is 0 Å². The van der Waals surface area contributed by atoms with Crippen LogP contribution < -0.4 is 0 Å². The molecular formula is C110H66N6S2. The third kappa shape index (κ3) is 11.8. The van der Waals surface area contributed by atoms with Crippen molar-refractivity contribution < 1.29 is 0 Å². The van der Waals surface area contributed by atoms with Gasteiger partial charge in [-0.3, -0.25) is 0 Å². The van der Waals surface area contributed by atoms with Gasteiger partial charge in [0.05, 0.1) is 0 Å². The quantitative estimate of drug-likeness (QED) is 0.107. The van der Waals surface area contributed by atoms with E-state index in [2.05, 4.69) is 364 Å². The fraction of sp³-hybridized carbons (Fsp3) is 0. The van der Waals surface area contributed by atoms with Gasteiger partial charge in [-0.25, -0.2) is 29.9 Å². The Morgan fingerprint density at radius 1 is 0.144 bits per heavy atom. The van der Waals surface area contributed by atoms with Crippen molar-refractivity contribution in [1.29, 1.82) is 0 Å². The van der Waals surface area contributed by atoms with Crippen LogP contribution in [0.2, 0.25) is 0 Å². The summed E-state index contributed by atoms with van der Waals surface area (Å²) in [7, 11) is 0. The first-order valence-electron chi connectivity index (χ1n) is 39.9. The molecule has 0 saturated heterocycles. The van der Waals surface area contributed by atoms with Crippen LogP contribution in [0.4, 0.5) is 0 Å². The lowest BCUT2D eigenvalue weighted by atomic mass is 9.83. The van der Waals surface area contributed by atoms with E-state index in [4.69, 9.17) is 29.9 Å². The summed E-state index contributed by atoms with van der Waals surface area (Å²) in [6, 6.07) is 145. The predicted octanol–water partition coefficient (Wildman–Crippen LogP) is 30.2. The largest absolute Gasteiger partial charge is 0.208 e. The van der Waals surface area contributed by atoms with Gasteiger partial charge < -0.3 is 0 Å². The molecule has 0 aliphatic heterocycles. The van der Waals surface area contributed by atoms with Crippen LogP contribution >= 0.6 is 22.7 Å². The Balaban J connectivity index is 0.648. The van der Waals surface area contributed by atoms with Gasteiger partial charge in [0.15, 0.2) is 34.9 Å². The Morgan fingerprint density at radius 3 is 1.05 bits per heavy atom. The lowest BCUT2D eigenvalue weighted by molar-refractivity contribution is 1.08. The minimum Gasteiger partial charge on any atom is -0.208 e. The van der Waals surface area contributed by atoms with Crippen molar-refractivity contribution in [1.82, 2.24) is 29.9 Å². The summed E-state index contributed by atoms with van der Waals surface area (Å²) in [4.78, 5) is 32.0. The molecule has 4 aromatic heterocycles. The number of rotatable bonds is 13. The standard InChI is InChI=1S/C110H66N6S2/c1-5-28-67(29-6-1)75-61-76(71-36-25-37-72(60-71)78-56-58-92(81-40-15-13-38-79(78)81)107-111-105(69-32-9-3-10-33-69)113-109(115-107)94-50-26-48-90-87-45-21-23-52-100(87)117-103(90)94)63-77(62-75)98-66-97(85-44-19-20-47-89(85)102(98)68-30-7-2-8-31-68)73-54-55-74-65-99(84-43-18-17-42-83(84)96(74)64-73)86-57-59-93(82-41-16-14-39-80(82)86)108-112-106(70-34-11-4-12-35-70)114-110(116-108)95-51-27-49-91-88-46-22-24-53-101(88)118-104(91)95/h1-66H. The molecule has 0 radical (unpaired) electrons.